The van der Waals surface area contributed by atoms with Crippen LogP contribution in [0.4, 0.5) is 0 Å². The Morgan fingerprint density at radius 1 is 1.44 bits per heavy atom. The Kier molecular flexibility index (Phi) is 4.11. The van der Waals surface area contributed by atoms with Crippen molar-refractivity contribution in [2.24, 2.45) is 0 Å². The molecule has 6 heteroatoms. The summed E-state index contributed by atoms with van der Waals surface area (Å²) in [6.07, 6.45) is 1.97. The van der Waals surface area contributed by atoms with E-state index in [0.29, 0.717) is 4.21 Å². The highest BCUT2D eigenvalue weighted by molar-refractivity contribution is 7.91. The Labute approximate surface area is 113 Å². The van der Waals surface area contributed by atoms with Crippen LogP contribution in [0.2, 0.25) is 0 Å². The molecule has 1 aromatic heterocycles. The number of piperidine rings is 1. The minimum absolute atomic E-state index is 0.0384. The first-order valence-corrected chi connectivity index (χ1v) is 8.46. The number of hydrogen-bond acceptors (Lipinski definition) is 4. The van der Waals surface area contributed by atoms with Gasteiger partial charge in [-0.25, -0.2) is 13.1 Å². The molecule has 1 N–H and O–H groups in total. The molecule has 0 aromatic carbocycles. The molecule has 0 radical (unpaired) electrons. The predicted octanol–water partition coefficient (Wildman–Crippen LogP) is 1.74. The van der Waals surface area contributed by atoms with Crippen LogP contribution in [0.5, 0.6) is 0 Å². The maximum atomic E-state index is 12.3. The summed E-state index contributed by atoms with van der Waals surface area (Å²) in [7, 11) is -1.32. The fourth-order valence-corrected chi connectivity index (χ4v) is 5.01. The molecule has 0 spiro atoms. The summed E-state index contributed by atoms with van der Waals surface area (Å²) in [4.78, 5) is 3.23. The van der Waals surface area contributed by atoms with Crippen molar-refractivity contribution in [3.8, 4) is 0 Å². The third-order valence-electron chi connectivity index (χ3n) is 3.35. The molecule has 1 aliphatic heterocycles. The molecule has 4 nitrogen and oxygen atoms in total. The molecule has 1 atom stereocenters. The zero-order valence-corrected chi connectivity index (χ0v) is 12.7. The average Bonchev–Trinajstić information content (AvgIpc) is 2.59. The normalized spacial score (nSPS) is 22.3. The van der Waals surface area contributed by atoms with Crippen LogP contribution in [0, 0.1) is 13.8 Å². The maximum Gasteiger partial charge on any atom is 0.250 e. The molecule has 1 saturated heterocycles. The van der Waals surface area contributed by atoms with E-state index in [2.05, 4.69) is 9.62 Å². The van der Waals surface area contributed by atoms with E-state index >= 15 is 0 Å². The van der Waals surface area contributed by atoms with Crippen LogP contribution >= 0.6 is 11.3 Å². The molecule has 2 rings (SSSR count). The number of hydrogen-bond donors (Lipinski definition) is 1. The second-order valence-corrected chi connectivity index (χ2v) is 8.22. The van der Waals surface area contributed by atoms with E-state index < -0.39 is 10.0 Å². The quantitative estimate of drug-likeness (QED) is 0.921. The molecular weight excluding hydrogens is 268 g/mol. The van der Waals surface area contributed by atoms with E-state index in [1.165, 1.54) is 11.3 Å². The lowest BCUT2D eigenvalue weighted by Gasteiger charge is -2.29. The number of rotatable bonds is 3. The monoisotopic (exact) mass is 288 g/mol. The van der Waals surface area contributed by atoms with Gasteiger partial charge in [-0.15, -0.1) is 11.3 Å². The van der Waals surface area contributed by atoms with E-state index in [0.717, 1.165) is 36.4 Å². The summed E-state index contributed by atoms with van der Waals surface area (Å²) in [6, 6.07) is 1.80. The van der Waals surface area contributed by atoms with E-state index in [4.69, 9.17) is 0 Å². The van der Waals surface area contributed by atoms with Gasteiger partial charge in [-0.1, -0.05) is 0 Å². The van der Waals surface area contributed by atoms with Gasteiger partial charge in [0.05, 0.1) is 0 Å². The number of thiophene rings is 1. The van der Waals surface area contributed by atoms with E-state index in [1.54, 1.807) is 6.07 Å². The van der Waals surface area contributed by atoms with Crippen LogP contribution < -0.4 is 4.72 Å². The Bertz CT molecular complexity index is 503. The summed E-state index contributed by atoms with van der Waals surface area (Å²) < 4.78 is 27.8. The molecule has 0 unspecified atom stereocenters. The van der Waals surface area contributed by atoms with Gasteiger partial charge in [0.25, 0.3) is 0 Å². The Morgan fingerprint density at radius 2 is 2.17 bits per heavy atom. The topological polar surface area (TPSA) is 49.4 Å². The first kappa shape index (κ1) is 14.0. The summed E-state index contributed by atoms with van der Waals surface area (Å²) in [5, 5.41) is 0. The highest BCUT2D eigenvalue weighted by Crippen LogP contribution is 2.25. The summed E-state index contributed by atoms with van der Waals surface area (Å²) >= 11 is 1.35. The number of nitrogens with one attached hydrogen (secondary N) is 1. The largest absolute Gasteiger partial charge is 0.305 e. The molecule has 0 saturated carbocycles. The zero-order chi connectivity index (χ0) is 13.3. The Hall–Kier alpha value is -0.430. The van der Waals surface area contributed by atoms with Gasteiger partial charge in [-0.2, -0.15) is 0 Å². The lowest BCUT2D eigenvalue weighted by atomic mass is 10.1. The summed E-state index contributed by atoms with van der Waals surface area (Å²) in [6.45, 7) is 5.74. The molecule has 0 aliphatic carbocycles. The number of aryl methyl sites for hydroxylation is 2. The van der Waals surface area contributed by atoms with Gasteiger partial charge in [-0.05, 0) is 51.9 Å². The summed E-state index contributed by atoms with van der Waals surface area (Å²) in [5.41, 5.74) is 1.04. The van der Waals surface area contributed by atoms with Gasteiger partial charge in [0.2, 0.25) is 10.0 Å². The molecular formula is C12H20N2O2S2. The van der Waals surface area contributed by atoms with E-state index in [9.17, 15) is 8.42 Å². The molecule has 102 valence electrons. The van der Waals surface area contributed by atoms with E-state index in [-0.39, 0.29) is 6.04 Å². The fourth-order valence-electron chi connectivity index (χ4n) is 2.21. The highest BCUT2D eigenvalue weighted by atomic mass is 32.2. The standard InChI is InChI=1S/C12H20N2O2S2/c1-9-7-12(17-10(9)2)18(15,16)13-11-5-4-6-14(3)8-11/h7,11,13H,4-6,8H2,1-3H3/t11-/m0/s1. The van der Waals surface area contributed by atoms with Crippen molar-refractivity contribution >= 4 is 21.4 Å². The van der Waals surface area contributed by atoms with Crippen LogP contribution in [-0.2, 0) is 10.0 Å². The fraction of sp³-hybridized carbons (Fsp3) is 0.667. The second-order valence-electron chi connectivity index (χ2n) is 5.03. The third kappa shape index (κ3) is 3.12. The van der Waals surface area contributed by atoms with Crippen molar-refractivity contribution in [1.82, 2.24) is 9.62 Å². The van der Waals surface area contributed by atoms with Gasteiger partial charge in [-0.3, -0.25) is 0 Å². The first-order valence-electron chi connectivity index (χ1n) is 6.16. The smallest absolute Gasteiger partial charge is 0.250 e. The Balaban J connectivity index is 2.12. The number of sulfonamides is 1. The molecule has 0 amide bonds. The minimum Gasteiger partial charge on any atom is -0.305 e. The van der Waals surface area contributed by atoms with Gasteiger partial charge >= 0.3 is 0 Å². The second kappa shape index (κ2) is 5.28. The summed E-state index contributed by atoms with van der Waals surface area (Å²) in [5.74, 6) is 0. The minimum atomic E-state index is -3.34. The van der Waals surface area contributed by atoms with Crippen LogP contribution in [0.1, 0.15) is 23.3 Å². The average molecular weight is 288 g/mol. The van der Waals surface area contributed by atoms with Crippen LogP contribution in [-0.4, -0.2) is 39.5 Å². The zero-order valence-electron chi connectivity index (χ0n) is 11.1. The van der Waals surface area contributed by atoms with Crippen LogP contribution in [0.25, 0.3) is 0 Å². The van der Waals surface area contributed by atoms with Gasteiger partial charge in [0.1, 0.15) is 4.21 Å². The van der Waals surface area contributed by atoms with Crippen molar-refractivity contribution in [2.75, 3.05) is 20.1 Å². The lowest BCUT2D eigenvalue weighted by molar-refractivity contribution is 0.242. The van der Waals surface area contributed by atoms with Crippen LogP contribution in [0.15, 0.2) is 10.3 Å². The highest BCUT2D eigenvalue weighted by Gasteiger charge is 2.25. The number of likely N-dealkylation sites (N-methyl/N-ethyl adjacent to an activating group) is 1. The van der Waals surface area contributed by atoms with Crippen molar-refractivity contribution in [2.45, 2.75) is 36.9 Å². The Morgan fingerprint density at radius 3 is 2.72 bits per heavy atom. The van der Waals surface area contributed by atoms with Gasteiger partial charge in [0.15, 0.2) is 0 Å². The lowest BCUT2D eigenvalue weighted by Crippen LogP contribution is -2.46. The molecule has 1 aliphatic rings. The van der Waals surface area contributed by atoms with Crippen molar-refractivity contribution < 1.29 is 8.42 Å². The van der Waals surface area contributed by atoms with Gasteiger partial charge in [0, 0.05) is 17.5 Å². The van der Waals surface area contributed by atoms with Crippen LogP contribution in [0.3, 0.4) is 0 Å². The maximum absolute atomic E-state index is 12.3. The molecule has 2 heterocycles. The van der Waals surface area contributed by atoms with Crippen molar-refractivity contribution in [3.63, 3.8) is 0 Å². The van der Waals surface area contributed by atoms with Crippen molar-refractivity contribution in [3.05, 3.63) is 16.5 Å². The molecule has 18 heavy (non-hydrogen) atoms. The molecule has 1 aromatic rings. The number of nitrogens with zero attached hydrogens (tertiary/aromatic N) is 1. The van der Waals surface area contributed by atoms with Crippen molar-refractivity contribution in [1.29, 1.82) is 0 Å². The molecule has 1 fully saturated rings. The SMILES string of the molecule is Cc1cc(S(=O)(=O)N[C@H]2CCCN(C)C2)sc1C. The number of likely N-dealkylation sites (tertiary alicyclic amines) is 1. The predicted molar refractivity (Wildman–Crippen MR) is 74.6 cm³/mol. The first-order chi connectivity index (χ1) is 8.38. The van der Waals surface area contributed by atoms with E-state index in [1.807, 2.05) is 20.9 Å². The van der Waals surface area contributed by atoms with Gasteiger partial charge < -0.3 is 4.90 Å². The third-order valence-corrected chi connectivity index (χ3v) is 6.50. The molecule has 0 bridgehead atoms.